The van der Waals surface area contributed by atoms with Gasteiger partial charge in [0, 0.05) is 36.9 Å². The minimum absolute atomic E-state index is 0.0589. The van der Waals surface area contributed by atoms with Crippen LogP contribution in [0.15, 0.2) is 36.4 Å². The van der Waals surface area contributed by atoms with Crippen molar-refractivity contribution < 1.29 is 9.53 Å². The zero-order chi connectivity index (χ0) is 18.7. The van der Waals surface area contributed by atoms with E-state index in [0.29, 0.717) is 18.1 Å². The molecule has 5 nitrogen and oxygen atoms in total. The molecule has 1 N–H and O–H groups in total. The van der Waals surface area contributed by atoms with Crippen LogP contribution in [-0.2, 0) is 0 Å². The van der Waals surface area contributed by atoms with E-state index in [2.05, 4.69) is 10.2 Å². The summed E-state index contributed by atoms with van der Waals surface area (Å²) in [5.41, 5.74) is 4.03. The number of hydrogen-bond donors (Lipinski definition) is 1. The third kappa shape index (κ3) is 4.05. The largest absolute Gasteiger partial charge is 0.495 e. The lowest BCUT2D eigenvalue weighted by atomic mass is 10.1. The van der Waals surface area contributed by atoms with Crippen LogP contribution in [0.3, 0.4) is 0 Å². The fourth-order valence-corrected chi connectivity index (χ4v) is 3.29. The summed E-state index contributed by atoms with van der Waals surface area (Å²) in [4.78, 5) is 16.6. The van der Waals surface area contributed by atoms with Crippen molar-refractivity contribution in [3.8, 4) is 5.75 Å². The maximum absolute atomic E-state index is 12.6. The average molecular weight is 374 g/mol. The van der Waals surface area contributed by atoms with E-state index in [-0.39, 0.29) is 6.03 Å². The standard InChI is InChI=1S/C20H24ClN3O2/c1-14-4-5-15(2)17(12-14)22-20(25)24-10-8-23(9-11-24)18-13-16(21)6-7-19(18)26-3/h4-7,12-13H,8-11H2,1-3H3,(H,22,25). The normalized spacial score (nSPS) is 14.3. The van der Waals surface area contributed by atoms with Gasteiger partial charge in [0.15, 0.2) is 0 Å². The lowest BCUT2D eigenvalue weighted by Gasteiger charge is -2.36. The number of hydrogen-bond acceptors (Lipinski definition) is 3. The van der Waals surface area contributed by atoms with Gasteiger partial charge in [-0.1, -0.05) is 23.7 Å². The molecule has 2 aromatic rings. The third-order valence-electron chi connectivity index (χ3n) is 4.68. The van der Waals surface area contributed by atoms with Crippen LogP contribution >= 0.6 is 11.6 Å². The molecule has 0 saturated carbocycles. The SMILES string of the molecule is COc1ccc(Cl)cc1N1CCN(C(=O)Nc2cc(C)ccc2C)CC1. The van der Waals surface area contributed by atoms with E-state index < -0.39 is 0 Å². The summed E-state index contributed by atoms with van der Waals surface area (Å²) in [5, 5.41) is 3.71. The second-order valence-electron chi connectivity index (χ2n) is 6.54. The molecule has 2 aromatic carbocycles. The fourth-order valence-electron chi connectivity index (χ4n) is 3.13. The highest BCUT2D eigenvalue weighted by Gasteiger charge is 2.23. The summed E-state index contributed by atoms with van der Waals surface area (Å²) in [6, 6.07) is 11.6. The molecule has 0 aromatic heterocycles. The Morgan fingerprint density at radius 3 is 2.50 bits per heavy atom. The maximum Gasteiger partial charge on any atom is 0.321 e. The van der Waals surface area contributed by atoms with Gasteiger partial charge in [0.05, 0.1) is 12.8 Å². The van der Waals surface area contributed by atoms with Crippen LogP contribution in [0.25, 0.3) is 0 Å². The predicted molar refractivity (Wildman–Crippen MR) is 107 cm³/mol. The molecule has 2 amide bonds. The molecular weight excluding hydrogens is 350 g/mol. The number of anilines is 2. The Labute approximate surface area is 159 Å². The highest BCUT2D eigenvalue weighted by molar-refractivity contribution is 6.30. The highest BCUT2D eigenvalue weighted by atomic mass is 35.5. The number of benzene rings is 2. The van der Waals surface area contributed by atoms with E-state index in [1.165, 1.54) is 0 Å². The molecule has 0 atom stereocenters. The van der Waals surface area contributed by atoms with E-state index in [0.717, 1.165) is 41.3 Å². The monoisotopic (exact) mass is 373 g/mol. The first kappa shape index (κ1) is 18.4. The third-order valence-corrected chi connectivity index (χ3v) is 4.92. The van der Waals surface area contributed by atoms with Crippen molar-refractivity contribution >= 4 is 29.0 Å². The van der Waals surface area contributed by atoms with Crippen molar-refractivity contribution in [3.05, 3.63) is 52.5 Å². The van der Waals surface area contributed by atoms with Crippen LogP contribution in [0.2, 0.25) is 5.02 Å². The number of carbonyl (C=O) groups is 1. The van der Waals surface area contributed by atoms with Crippen molar-refractivity contribution in [2.45, 2.75) is 13.8 Å². The second kappa shape index (κ2) is 7.87. The van der Waals surface area contributed by atoms with E-state index in [1.807, 2.05) is 55.1 Å². The number of aryl methyl sites for hydroxylation is 2. The predicted octanol–water partition coefficient (Wildman–Crippen LogP) is 4.32. The van der Waals surface area contributed by atoms with Gasteiger partial charge in [0.2, 0.25) is 0 Å². The zero-order valence-corrected chi connectivity index (χ0v) is 16.1. The van der Waals surface area contributed by atoms with E-state index in [1.54, 1.807) is 7.11 Å². The number of nitrogens with one attached hydrogen (secondary N) is 1. The fraction of sp³-hybridized carbons (Fsp3) is 0.350. The van der Waals surface area contributed by atoms with Gasteiger partial charge in [-0.15, -0.1) is 0 Å². The maximum atomic E-state index is 12.6. The van der Waals surface area contributed by atoms with Crippen molar-refractivity contribution in [2.24, 2.45) is 0 Å². The van der Waals surface area contributed by atoms with E-state index in [9.17, 15) is 4.79 Å². The molecule has 6 heteroatoms. The number of nitrogens with zero attached hydrogens (tertiary/aromatic N) is 2. The first-order valence-electron chi connectivity index (χ1n) is 8.69. The Balaban J connectivity index is 1.64. The van der Waals surface area contributed by atoms with Crippen molar-refractivity contribution in [2.75, 3.05) is 43.5 Å². The van der Waals surface area contributed by atoms with Crippen molar-refractivity contribution in [1.82, 2.24) is 4.90 Å². The molecule has 1 fully saturated rings. The van der Waals surface area contributed by atoms with E-state index in [4.69, 9.17) is 16.3 Å². The number of ether oxygens (including phenoxy) is 1. The Hall–Kier alpha value is -2.40. The molecule has 0 spiro atoms. The smallest absolute Gasteiger partial charge is 0.321 e. The number of methoxy groups -OCH3 is 1. The molecule has 1 aliphatic heterocycles. The molecule has 1 aliphatic rings. The van der Waals surface area contributed by atoms with Gasteiger partial charge in [0.1, 0.15) is 5.75 Å². The molecule has 138 valence electrons. The summed E-state index contributed by atoms with van der Waals surface area (Å²) in [7, 11) is 1.65. The van der Waals surface area contributed by atoms with Crippen LogP contribution in [0.4, 0.5) is 16.2 Å². The summed E-state index contributed by atoms with van der Waals surface area (Å²) >= 11 is 6.13. The quantitative estimate of drug-likeness (QED) is 0.871. The average Bonchev–Trinajstić information content (AvgIpc) is 2.65. The number of carbonyl (C=O) groups excluding carboxylic acids is 1. The number of piperazine rings is 1. The summed E-state index contributed by atoms with van der Waals surface area (Å²) in [6.45, 7) is 6.78. The summed E-state index contributed by atoms with van der Waals surface area (Å²) in [5.74, 6) is 0.794. The first-order chi connectivity index (χ1) is 12.5. The Morgan fingerprint density at radius 1 is 1.08 bits per heavy atom. The molecule has 1 saturated heterocycles. The Morgan fingerprint density at radius 2 is 1.81 bits per heavy atom. The second-order valence-corrected chi connectivity index (χ2v) is 6.98. The molecule has 0 unspecified atom stereocenters. The number of amides is 2. The Kier molecular flexibility index (Phi) is 5.57. The van der Waals surface area contributed by atoms with Gasteiger partial charge in [-0.25, -0.2) is 4.79 Å². The van der Waals surface area contributed by atoms with Crippen LogP contribution in [0.5, 0.6) is 5.75 Å². The molecule has 0 bridgehead atoms. The van der Waals surface area contributed by atoms with Crippen LogP contribution < -0.4 is 15.0 Å². The Bertz CT molecular complexity index is 802. The highest BCUT2D eigenvalue weighted by Crippen LogP contribution is 2.32. The first-order valence-corrected chi connectivity index (χ1v) is 9.07. The zero-order valence-electron chi connectivity index (χ0n) is 15.4. The minimum Gasteiger partial charge on any atom is -0.495 e. The lowest BCUT2D eigenvalue weighted by Crippen LogP contribution is -2.50. The van der Waals surface area contributed by atoms with Gasteiger partial charge in [-0.05, 0) is 49.2 Å². The van der Waals surface area contributed by atoms with Crippen molar-refractivity contribution in [3.63, 3.8) is 0 Å². The van der Waals surface area contributed by atoms with Gasteiger partial charge in [-0.2, -0.15) is 0 Å². The number of rotatable bonds is 3. The van der Waals surface area contributed by atoms with Crippen LogP contribution in [0.1, 0.15) is 11.1 Å². The number of urea groups is 1. The van der Waals surface area contributed by atoms with Gasteiger partial charge < -0.3 is 19.9 Å². The van der Waals surface area contributed by atoms with Crippen molar-refractivity contribution in [1.29, 1.82) is 0 Å². The molecular formula is C20H24ClN3O2. The lowest BCUT2D eigenvalue weighted by molar-refractivity contribution is 0.208. The van der Waals surface area contributed by atoms with Gasteiger partial charge in [0.25, 0.3) is 0 Å². The summed E-state index contributed by atoms with van der Waals surface area (Å²) < 4.78 is 5.44. The van der Waals surface area contributed by atoms with Gasteiger partial charge >= 0.3 is 6.03 Å². The molecule has 0 aliphatic carbocycles. The topological polar surface area (TPSA) is 44.8 Å². The summed E-state index contributed by atoms with van der Waals surface area (Å²) in [6.07, 6.45) is 0. The van der Waals surface area contributed by atoms with Crippen LogP contribution in [0, 0.1) is 13.8 Å². The number of halogens is 1. The van der Waals surface area contributed by atoms with E-state index >= 15 is 0 Å². The molecule has 1 heterocycles. The molecule has 26 heavy (non-hydrogen) atoms. The molecule has 3 rings (SSSR count). The van der Waals surface area contributed by atoms with Gasteiger partial charge in [-0.3, -0.25) is 0 Å². The van der Waals surface area contributed by atoms with Crippen LogP contribution in [-0.4, -0.2) is 44.2 Å². The molecule has 0 radical (unpaired) electrons. The minimum atomic E-state index is -0.0589.